The Kier molecular flexibility index (Phi) is 10.1. The first kappa shape index (κ1) is 55.3. The summed E-state index contributed by atoms with van der Waals surface area (Å²) in [5.41, 5.74) is 36.4. The predicted octanol–water partition coefficient (Wildman–Crippen LogP) is 15.0. The molecule has 0 aliphatic heterocycles. The van der Waals surface area contributed by atoms with Gasteiger partial charge in [-0.05, 0) is 265 Å². The fourth-order valence-corrected chi connectivity index (χ4v) is 20.6. The zero-order valence-electron chi connectivity index (χ0n) is 55.6. The summed E-state index contributed by atoms with van der Waals surface area (Å²) in [6.45, 7) is 32.6. The zero-order valence-corrected chi connectivity index (χ0v) is 55.6. The molecule has 24 rings (SSSR count). The fraction of sp³-hybridized carbons (Fsp3) is 0.294. The molecule has 0 bridgehead atoms. The van der Waals surface area contributed by atoms with Gasteiger partial charge in [0.15, 0.2) is 43.4 Å². The number of hydrogen-bond donors (Lipinski definition) is 0. The normalized spacial score (nSPS) is 14.6. The quantitative estimate of drug-likeness (QED) is 0.108. The van der Waals surface area contributed by atoms with E-state index in [1.54, 1.807) is 13.8 Å². The highest BCUT2D eigenvalue weighted by Gasteiger charge is 2.46. The molecule has 0 heterocycles. The van der Waals surface area contributed by atoms with Crippen molar-refractivity contribution in [1.82, 2.24) is 0 Å². The lowest BCUT2D eigenvalue weighted by Gasteiger charge is -2.33. The molecule has 15 aliphatic rings. The van der Waals surface area contributed by atoms with Crippen LogP contribution >= 0.6 is 0 Å². The molecule has 454 valence electrons. The average Bonchev–Trinajstić information content (AvgIpc) is 1.63. The van der Waals surface area contributed by atoms with Gasteiger partial charge in [0.25, 0.3) is 0 Å². The van der Waals surface area contributed by atoms with Crippen LogP contribution in [0.4, 0.5) is 0 Å². The molecule has 0 unspecified atom stereocenters. The van der Waals surface area contributed by atoms with E-state index in [0.29, 0.717) is 69.5 Å². The molecule has 0 amide bonds. The second-order valence-corrected chi connectivity index (χ2v) is 28.1. The van der Waals surface area contributed by atoms with Crippen LogP contribution in [0.5, 0.6) is 0 Å². The van der Waals surface area contributed by atoms with Gasteiger partial charge in [-0.3, -0.25) is 38.4 Å². The van der Waals surface area contributed by atoms with Crippen LogP contribution in [0.15, 0.2) is 38.4 Å². The van der Waals surface area contributed by atoms with Crippen molar-refractivity contribution in [2.45, 2.75) is 169 Å². The van der Waals surface area contributed by atoms with Gasteiger partial charge in [-0.15, -0.1) is 0 Å². The molecule has 0 aromatic heterocycles. The summed E-state index contributed by atoms with van der Waals surface area (Å²) in [5, 5.41) is 18.3. The first-order valence-corrected chi connectivity index (χ1v) is 34.0. The highest BCUT2D eigenvalue weighted by atomic mass is 16.1. The Bertz CT molecular complexity index is 6500. The summed E-state index contributed by atoms with van der Waals surface area (Å²) in [5.74, 6) is 0. The van der Waals surface area contributed by atoms with Gasteiger partial charge in [0.1, 0.15) is 0 Å². The highest BCUT2D eigenvalue weighted by Crippen LogP contribution is 2.60. The summed E-state index contributed by atoms with van der Waals surface area (Å²) >= 11 is 0. The molecule has 0 saturated carbocycles. The average molecular weight is 1220 g/mol. The van der Waals surface area contributed by atoms with Crippen LogP contribution in [0.2, 0.25) is 0 Å². The highest BCUT2D eigenvalue weighted by molar-refractivity contribution is 6.39. The van der Waals surface area contributed by atoms with Gasteiger partial charge in [0, 0.05) is 148 Å². The van der Waals surface area contributed by atoms with Crippen molar-refractivity contribution in [2.75, 3.05) is 0 Å². The molecule has 8 nitrogen and oxygen atoms in total. The van der Waals surface area contributed by atoms with Crippen molar-refractivity contribution >= 4 is 97.0 Å². The maximum absolute atomic E-state index is 13.7. The molecular formula is C85H66O8. The zero-order chi connectivity index (χ0) is 65.0. The fourth-order valence-electron chi connectivity index (χ4n) is 20.6. The summed E-state index contributed by atoms with van der Waals surface area (Å²) in [4.78, 5) is 108. The monoisotopic (exact) mass is 1210 g/mol. The summed E-state index contributed by atoms with van der Waals surface area (Å²) in [6, 6.07) is 0. The number of fused-ring (bicyclic) bond motifs is 3. The molecule has 0 spiro atoms. The molecule has 15 aliphatic carbocycles. The molecule has 0 fully saturated rings. The standard InChI is InChI=1S/2C27H18O2.C25H12O4.3C2H6/c1-8-12-5-16-10(3)26(28)24-22(18(12)16)20-14(8)7-15-9(2)13-6-17-11(4)27(29)25(24)23(19(13)17)21(15)20;1-8-9(2)18-23-19-12(8)5-13(19)10(3)14-6-17-22(21(14)23)24-20-15(7-16(20)27(17)29)11(4)26(28)25(18)24;1-6-8-3-10-14(8)18-16-12(24(10)28)5-13-17(16)19-15-9(4-11(15)25(13)29)7(2)23(27)21(19)20(18)22(6)26;3*1-2/h2*5-7H2,1-4H3;3-5H2,1-2H3;3*1-2H3. The molecular weight excluding hydrogens is 1150 g/mol. The Morgan fingerprint density at radius 2 is 0.355 bits per heavy atom. The maximum atomic E-state index is 13.7. The summed E-state index contributed by atoms with van der Waals surface area (Å²) in [6.07, 6.45) is 6.51. The summed E-state index contributed by atoms with van der Waals surface area (Å²) < 4.78 is 0. The van der Waals surface area contributed by atoms with Crippen LogP contribution in [0, 0.1) is 69.2 Å². The third kappa shape index (κ3) is 5.42. The Balaban J connectivity index is 0.0000000955. The van der Waals surface area contributed by atoms with Crippen molar-refractivity contribution in [3.63, 3.8) is 0 Å². The van der Waals surface area contributed by atoms with Crippen LogP contribution in [-0.2, 0) is 57.8 Å². The first-order valence-electron chi connectivity index (χ1n) is 34.0. The third-order valence-electron chi connectivity index (χ3n) is 25.5. The van der Waals surface area contributed by atoms with Gasteiger partial charge in [-0.1, -0.05) is 41.5 Å². The third-order valence-corrected chi connectivity index (χ3v) is 25.5. The molecule has 93 heavy (non-hydrogen) atoms. The van der Waals surface area contributed by atoms with E-state index in [1.165, 1.54) is 116 Å². The lowest BCUT2D eigenvalue weighted by molar-refractivity contribution is 1.03. The van der Waals surface area contributed by atoms with Crippen molar-refractivity contribution < 1.29 is 0 Å². The van der Waals surface area contributed by atoms with E-state index in [0.717, 1.165) is 159 Å². The van der Waals surface area contributed by atoms with E-state index in [9.17, 15) is 38.4 Å². The number of rotatable bonds is 0. The van der Waals surface area contributed by atoms with Crippen LogP contribution in [-0.4, -0.2) is 0 Å². The number of aryl methyl sites for hydroxylation is 1. The van der Waals surface area contributed by atoms with E-state index in [1.807, 2.05) is 62.3 Å². The van der Waals surface area contributed by atoms with Crippen molar-refractivity contribution in [3.05, 3.63) is 238 Å². The minimum atomic E-state index is -0.100. The van der Waals surface area contributed by atoms with Gasteiger partial charge in [-0.25, -0.2) is 0 Å². The van der Waals surface area contributed by atoms with Crippen molar-refractivity contribution in [3.8, 4) is 33.4 Å². The van der Waals surface area contributed by atoms with Gasteiger partial charge < -0.3 is 0 Å². The Labute approximate surface area is 533 Å². The van der Waals surface area contributed by atoms with Gasteiger partial charge in [0.05, 0.1) is 0 Å². The Morgan fingerprint density at radius 3 is 0.699 bits per heavy atom. The molecule has 0 atom stereocenters. The first-order chi connectivity index (χ1) is 44.7. The van der Waals surface area contributed by atoms with E-state index in [4.69, 9.17) is 0 Å². The predicted molar refractivity (Wildman–Crippen MR) is 382 cm³/mol. The lowest BCUT2D eigenvalue weighted by Crippen LogP contribution is -2.30. The van der Waals surface area contributed by atoms with Crippen LogP contribution in [0.25, 0.3) is 130 Å². The van der Waals surface area contributed by atoms with Crippen LogP contribution < -0.4 is 43.4 Å². The van der Waals surface area contributed by atoms with E-state index >= 15 is 0 Å². The minimum Gasteiger partial charge on any atom is -0.289 e. The molecule has 8 heteroatoms. The van der Waals surface area contributed by atoms with Gasteiger partial charge >= 0.3 is 0 Å². The Morgan fingerprint density at radius 1 is 0.140 bits per heavy atom. The smallest absolute Gasteiger partial charge is 0.190 e. The minimum absolute atomic E-state index is 0.0201. The number of hydrogen-bond acceptors (Lipinski definition) is 8. The molecule has 0 saturated heterocycles. The molecule has 9 aromatic carbocycles. The van der Waals surface area contributed by atoms with E-state index < -0.39 is 0 Å². The number of benzene rings is 15. The molecule has 9 aromatic rings. The second-order valence-electron chi connectivity index (χ2n) is 28.1. The lowest BCUT2D eigenvalue weighted by atomic mass is 9.68. The maximum Gasteiger partial charge on any atom is 0.190 e. The molecule has 0 radical (unpaired) electrons. The van der Waals surface area contributed by atoms with Gasteiger partial charge in [0.2, 0.25) is 0 Å². The van der Waals surface area contributed by atoms with E-state index in [-0.39, 0.29) is 43.4 Å². The molecule has 0 N–H and O–H groups in total. The van der Waals surface area contributed by atoms with E-state index in [2.05, 4.69) is 34.6 Å². The SMILES string of the molecule is CC.CC.CC.Cc1c2c3c(c(=O)c4c5c-3c(c1=O)c1c3c5c(c(=O)c5c-3c(c(C)c1=O)C5)C4)C2.Cc1c2c3c(c(C)c(=O)c4c5c(=O)c(C)c6c7c(c(C)c8c(c(c1C8)c34)c75)C6)C2.Cc1c2c3c(c(C)c(C)c4c5c6c7c(c(=O)c8c-6c(c(C)c5=O)C8)Cc1c7c34)C2. The largest absolute Gasteiger partial charge is 0.289 e. The topological polar surface area (TPSA) is 137 Å². The van der Waals surface area contributed by atoms with Crippen LogP contribution in [0.3, 0.4) is 0 Å². The Hall–Kier alpha value is -9.40. The van der Waals surface area contributed by atoms with Crippen molar-refractivity contribution in [2.24, 2.45) is 0 Å². The second kappa shape index (κ2) is 17.1. The van der Waals surface area contributed by atoms with Crippen LogP contribution in [0.1, 0.15) is 197 Å². The summed E-state index contributed by atoms with van der Waals surface area (Å²) in [7, 11) is 0. The van der Waals surface area contributed by atoms with Gasteiger partial charge in [-0.2, -0.15) is 0 Å². The van der Waals surface area contributed by atoms with Crippen molar-refractivity contribution in [1.29, 1.82) is 0 Å².